The van der Waals surface area contributed by atoms with Gasteiger partial charge in [-0.1, -0.05) is 41.9 Å². The smallest absolute Gasteiger partial charge is 0.315 e. The number of ether oxygens (including phenoxy) is 3. The van der Waals surface area contributed by atoms with Crippen LogP contribution in [-0.2, 0) is 11.3 Å². The Labute approximate surface area is 181 Å². The van der Waals surface area contributed by atoms with E-state index in [2.05, 4.69) is 0 Å². The highest BCUT2D eigenvalue weighted by molar-refractivity contribution is 6.33. The number of rotatable bonds is 10. The van der Waals surface area contributed by atoms with Crippen molar-refractivity contribution in [1.29, 1.82) is 0 Å². The van der Waals surface area contributed by atoms with Gasteiger partial charge in [-0.2, -0.15) is 0 Å². The van der Waals surface area contributed by atoms with E-state index >= 15 is 0 Å². The molecule has 0 aliphatic rings. The minimum atomic E-state index is -0.615. The monoisotopic (exact) mass is 434 g/mol. The Morgan fingerprint density at radius 3 is 2.37 bits per heavy atom. The summed E-state index contributed by atoms with van der Waals surface area (Å²) in [5, 5.41) is 0.229. The minimum absolute atomic E-state index is 0.204. The topological polar surface area (TPSA) is 91.1 Å². The van der Waals surface area contributed by atoms with Crippen molar-refractivity contribution in [3.8, 4) is 11.5 Å². The molecular formula is C22H27ClN2O5. The van der Waals surface area contributed by atoms with E-state index in [0.717, 1.165) is 5.56 Å². The first kappa shape index (κ1) is 23.5. The maximum atomic E-state index is 12.1. The van der Waals surface area contributed by atoms with Gasteiger partial charge in [-0.15, -0.1) is 0 Å². The van der Waals surface area contributed by atoms with E-state index in [9.17, 15) is 9.59 Å². The van der Waals surface area contributed by atoms with Gasteiger partial charge in [-0.05, 0) is 25.5 Å². The summed E-state index contributed by atoms with van der Waals surface area (Å²) in [6, 6.07) is 10.2. The van der Waals surface area contributed by atoms with Crippen molar-refractivity contribution in [2.75, 3.05) is 27.4 Å². The molecule has 0 aliphatic carbocycles. The number of primary amides is 1. The number of Topliss-reactive ketones (excluding diaryl/α,β-unsaturated/α-hetero) is 1. The minimum Gasteiger partial charge on any atom is -0.496 e. The zero-order chi connectivity index (χ0) is 22.3. The molecule has 0 aromatic heterocycles. The van der Waals surface area contributed by atoms with Crippen LogP contribution in [0.3, 0.4) is 0 Å². The Kier molecular flexibility index (Phi) is 8.50. The molecule has 0 fully saturated rings. The van der Waals surface area contributed by atoms with Crippen molar-refractivity contribution in [2.24, 2.45) is 5.73 Å². The van der Waals surface area contributed by atoms with E-state index in [1.54, 1.807) is 13.0 Å². The van der Waals surface area contributed by atoms with E-state index < -0.39 is 12.1 Å². The SMILES string of the molecule is COc1cc(C(C)N(CCOCc2ccccc2)C(N)=O)c(Cl)c(OC)c1C(C)=O. The molecule has 162 valence electrons. The van der Waals surface area contributed by atoms with E-state index in [4.69, 9.17) is 31.5 Å². The number of hydrogen-bond acceptors (Lipinski definition) is 5. The molecule has 8 heteroatoms. The van der Waals surface area contributed by atoms with Gasteiger partial charge in [0.05, 0.1) is 38.5 Å². The van der Waals surface area contributed by atoms with E-state index in [1.165, 1.54) is 26.0 Å². The molecule has 2 amide bonds. The standard InChI is InChI=1S/C22H27ClN2O5/c1-14(17-12-18(28-3)19(15(2)26)21(29-4)20(17)23)25(22(24)27)10-11-30-13-16-8-6-5-7-9-16/h5-9,12,14H,10-11,13H2,1-4H3,(H2,24,27). The van der Waals surface area contributed by atoms with Gasteiger partial charge in [0.2, 0.25) is 0 Å². The third kappa shape index (κ3) is 5.43. The van der Waals surface area contributed by atoms with Gasteiger partial charge in [0.15, 0.2) is 11.5 Å². The number of halogens is 1. The molecule has 30 heavy (non-hydrogen) atoms. The molecule has 1 atom stereocenters. The first-order valence-electron chi connectivity index (χ1n) is 9.44. The van der Waals surface area contributed by atoms with E-state index in [-0.39, 0.29) is 28.7 Å². The van der Waals surface area contributed by atoms with Crippen molar-refractivity contribution in [1.82, 2.24) is 4.90 Å². The Hall–Kier alpha value is -2.77. The highest BCUT2D eigenvalue weighted by Crippen LogP contribution is 2.42. The Bertz CT molecular complexity index is 889. The molecule has 0 radical (unpaired) electrons. The summed E-state index contributed by atoms with van der Waals surface area (Å²) in [7, 11) is 2.87. The maximum Gasteiger partial charge on any atom is 0.315 e. The van der Waals surface area contributed by atoms with Crippen LogP contribution in [0.4, 0.5) is 4.79 Å². The van der Waals surface area contributed by atoms with Crippen LogP contribution in [0.5, 0.6) is 11.5 Å². The summed E-state index contributed by atoms with van der Waals surface area (Å²) in [5.74, 6) is 0.274. The van der Waals surface area contributed by atoms with Gasteiger partial charge in [-0.25, -0.2) is 4.79 Å². The highest BCUT2D eigenvalue weighted by Gasteiger charge is 2.27. The molecule has 1 unspecified atom stereocenters. The van der Waals surface area contributed by atoms with Gasteiger partial charge in [-0.3, -0.25) is 4.79 Å². The van der Waals surface area contributed by atoms with Crippen LogP contribution in [-0.4, -0.2) is 44.1 Å². The van der Waals surface area contributed by atoms with Crippen molar-refractivity contribution >= 4 is 23.4 Å². The lowest BCUT2D eigenvalue weighted by Gasteiger charge is -2.29. The number of carbonyl (C=O) groups excluding carboxylic acids is 2. The first-order chi connectivity index (χ1) is 14.3. The molecule has 2 N–H and O–H groups in total. The van der Waals surface area contributed by atoms with Crippen LogP contribution in [0, 0.1) is 0 Å². The molecule has 0 aliphatic heterocycles. The number of methoxy groups -OCH3 is 2. The van der Waals surface area contributed by atoms with Gasteiger partial charge in [0, 0.05) is 12.1 Å². The number of benzene rings is 2. The second kappa shape index (κ2) is 10.8. The molecular weight excluding hydrogens is 408 g/mol. The molecule has 2 rings (SSSR count). The van der Waals surface area contributed by atoms with Crippen LogP contribution < -0.4 is 15.2 Å². The van der Waals surface area contributed by atoms with Crippen LogP contribution >= 0.6 is 11.6 Å². The fourth-order valence-corrected chi connectivity index (χ4v) is 3.59. The van der Waals surface area contributed by atoms with Crippen LogP contribution in [0.25, 0.3) is 0 Å². The maximum absolute atomic E-state index is 12.1. The Morgan fingerprint density at radius 1 is 1.17 bits per heavy atom. The molecule has 0 heterocycles. The predicted molar refractivity (Wildman–Crippen MR) is 115 cm³/mol. The number of carbonyl (C=O) groups is 2. The third-order valence-corrected chi connectivity index (χ3v) is 5.17. The van der Waals surface area contributed by atoms with Crippen LogP contribution in [0.2, 0.25) is 5.02 Å². The third-order valence-electron chi connectivity index (χ3n) is 4.78. The zero-order valence-corrected chi connectivity index (χ0v) is 18.4. The number of amides is 2. The molecule has 0 bridgehead atoms. The second-order valence-electron chi connectivity index (χ2n) is 6.69. The second-order valence-corrected chi connectivity index (χ2v) is 7.07. The molecule has 2 aromatic carbocycles. The van der Waals surface area contributed by atoms with Gasteiger partial charge in [0.1, 0.15) is 11.3 Å². The summed E-state index contributed by atoms with van der Waals surface area (Å²) in [4.78, 5) is 25.6. The van der Waals surface area contributed by atoms with Crippen molar-refractivity contribution in [3.63, 3.8) is 0 Å². The average molecular weight is 435 g/mol. The van der Waals surface area contributed by atoms with Gasteiger partial charge in [0.25, 0.3) is 0 Å². The quantitative estimate of drug-likeness (QED) is 0.446. The molecule has 7 nitrogen and oxygen atoms in total. The summed E-state index contributed by atoms with van der Waals surface area (Å²) in [6.07, 6.45) is 0. The largest absolute Gasteiger partial charge is 0.496 e. The highest BCUT2D eigenvalue weighted by atomic mass is 35.5. The van der Waals surface area contributed by atoms with Crippen LogP contribution in [0.1, 0.15) is 41.4 Å². The summed E-state index contributed by atoms with van der Waals surface area (Å²) in [6.45, 7) is 4.17. The van der Waals surface area contributed by atoms with E-state index in [0.29, 0.717) is 24.5 Å². The molecule has 0 saturated heterocycles. The first-order valence-corrected chi connectivity index (χ1v) is 9.82. The molecule has 2 aromatic rings. The summed E-state index contributed by atoms with van der Waals surface area (Å²) < 4.78 is 16.4. The van der Waals surface area contributed by atoms with Crippen molar-refractivity contribution < 1.29 is 23.8 Å². The fraction of sp³-hybridized carbons (Fsp3) is 0.364. The average Bonchev–Trinajstić information content (AvgIpc) is 2.73. The lowest BCUT2D eigenvalue weighted by atomic mass is 10.0. The normalized spacial score (nSPS) is 11.6. The number of urea groups is 1. The summed E-state index contributed by atoms with van der Waals surface area (Å²) >= 11 is 6.53. The predicted octanol–water partition coefficient (Wildman–Crippen LogP) is 4.22. The molecule has 0 spiro atoms. The number of ketones is 1. The number of nitrogens with zero attached hydrogens (tertiary/aromatic N) is 1. The number of nitrogens with two attached hydrogens (primary N) is 1. The van der Waals surface area contributed by atoms with Gasteiger partial charge >= 0.3 is 6.03 Å². The van der Waals surface area contributed by atoms with Crippen LogP contribution in [0.15, 0.2) is 36.4 Å². The Morgan fingerprint density at radius 2 is 1.83 bits per heavy atom. The zero-order valence-electron chi connectivity index (χ0n) is 17.6. The Balaban J connectivity index is 2.22. The molecule has 0 saturated carbocycles. The summed E-state index contributed by atoms with van der Waals surface area (Å²) in [5.41, 5.74) is 7.45. The lowest BCUT2D eigenvalue weighted by molar-refractivity contribution is 0.0914. The van der Waals surface area contributed by atoms with Crippen molar-refractivity contribution in [3.05, 3.63) is 58.1 Å². The lowest BCUT2D eigenvalue weighted by Crippen LogP contribution is -2.40. The van der Waals surface area contributed by atoms with E-state index in [1.807, 2.05) is 30.3 Å². The van der Waals surface area contributed by atoms with Gasteiger partial charge < -0.3 is 24.8 Å². The fourth-order valence-electron chi connectivity index (χ4n) is 3.21. The van der Waals surface area contributed by atoms with Crippen molar-refractivity contribution in [2.45, 2.75) is 26.5 Å². The number of hydrogen-bond donors (Lipinski definition) is 1.